The fourth-order valence-corrected chi connectivity index (χ4v) is 2.02. The van der Waals surface area contributed by atoms with Crippen LogP contribution in [0.4, 0.5) is 11.4 Å². The normalized spacial score (nSPS) is 9.78. The summed E-state index contributed by atoms with van der Waals surface area (Å²) in [7, 11) is 3.72. The number of carboxylic acid groups (broad SMARTS) is 1. The molecule has 0 saturated carbocycles. The molecule has 2 N–H and O–H groups in total. The third-order valence-electron chi connectivity index (χ3n) is 3.25. The first-order valence-electron chi connectivity index (χ1n) is 6.78. The molecule has 0 unspecified atom stereocenters. The third-order valence-corrected chi connectivity index (χ3v) is 3.25. The third kappa shape index (κ3) is 3.66. The molecule has 0 aliphatic carbocycles. The van der Waals surface area contributed by atoms with E-state index in [0.717, 1.165) is 5.69 Å². The van der Waals surface area contributed by atoms with Crippen molar-refractivity contribution in [2.24, 2.45) is 0 Å². The average molecular weight is 309 g/mol. The molecule has 23 heavy (non-hydrogen) atoms. The van der Waals surface area contributed by atoms with Gasteiger partial charge in [-0.25, -0.2) is 4.79 Å². The molecule has 0 atom stereocenters. The molecule has 0 aliphatic heterocycles. The van der Waals surface area contributed by atoms with Crippen molar-refractivity contribution in [1.29, 1.82) is 5.26 Å². The van der Waals surface area contributed by atoms with E-state index in [9.17, 15) is 14.7 Å². The van der Waals surface area contributed by atoms with Crippen LogP contribution >= 0.6 is 0 Å². The number of benzene rings is 2. The lowest BCUT2D eigenvalue weighted by molar-refractivity contribution is 0.0698. The molecule has 0 fully saturated rings. The zero-order valence-corrected chi connectivity index (χ0v) is 12.7. The van der Waals surface area contributed by atoms with Crippen LogP contribution in [0.1, 0.15) is 26.3 Å². The maximum atomic E-state index is 12.3. The van der Waals surface area contributed by atoms with E-state index in [4.69, 9.17) is 5.26 Å². The van der Waals surface area contributed by atoms with Crippen LogP contribution < -0.4 is 10.2 Å². The van der Waals surface area contributed by atoms with Crippen molar-refractivity contribution in [2.75, 3.05) is 24.3 Å². The van der Waals surface area contributed by atoms with Crippen LogP contribution in [0.15, 0.2) is 42.5 Å². The van der Waals surface area contributed by atoms with Gasteiger partial charge in [-0.15, -0.1) is 0 Å². The predicted molar refractivity (Wildman–Crippen MR) is 86.8 cm³/mol. The van der Waals surface area contributed by atoms with E-state index < -0.39 is 11.9 Å². The van der Waals surface area contributed by atoms with Crippen molar-refractivity contribution in [3.05, 3.63) is 59.2 Å². The number of nitriles is 1. The van der Waals surface area contributed by atoms with Gasteiger partial charge in [0.2, 0.25) is 0 Å². The monoisotopic (exact) mass is 309 g/mol. The highest BCUT2D eigenvalue weighted by Gasteiger charge is 2.15. The first-order chi connectivity index (χ1) is 10.9. The standard InChI is InChI=1S/C17H15N3O3/c1-20(2)13-5-3-4-12(9-13)16(21)19-15-7-6-11(10-18)8-14(15)17(22)23/h3-9H,1-2H3,(H,19,21)(H,22,23). The van der Waals surface area contributed by atoms with Gasteiger partial charge < -0.3 is 15.3 Å². The number of amides is 1. The van der Waals surface area contributed by atoms with Gasteiger partial charge in [0.15, 0.2) is 0 Å². The van der Waals surface area contributed by atoms with Crippen LogP contribution in [0.25, 0.3) is 0 Å². The second kappa shape index (κ2) is 6.62. The zero-order valence-electron chi connectivity index (χ0n) is 12.7. The molecule has 0 saturated heterocycles. The molecular formula is C17H15N3O3. The molecule has 2 rings (SSSR count). The fourth-order valence-electron chi connectivity index (χ4n) is 2.02. The van der Waals surface area contributed by atoms with Crippen LogP contribution in [-0.4, -0.2) is 31.1 Å². The Bertz CT molecular complexity index is 807. The SMILES string of the molecule is CN(C)c1cccc(C(=O)Nc2ccc(C#N)cc2C(=O)O)c1. The van der Waals surface area contributed by atoms with Crippen molar-refractivity contribution in [3.8, 4) is 6.07 Å². The lowest BCUT2D eigenvalue weighted by atomic mass is 10.1. The number of carboxylic acids is 1. The summed E-state index contributed by atoms with van der Waals surface area (Å²) in [5.41, 5.74) is 1.51. The summed E-state index contributed by atoms with van der Waals surface area (Å²) in [6.07, 6.45) is 0. The predicted octanol–water partition coefficient (Wildman–Crippen LogP) is 2.57. The minimum absolute atomic E-state index is 0.124. The molecular weight excluding hydrogens is 294 g/mol. The molecule has 116 valence electrons. The van der Waals surface area contributed by atoms with Crippen LogP contribution in [-0.2, 0) is 0 Å². The molecule has 0 aromatic heterocycles. The molecule has 6 heteroatoms. The van der Waals surface area contributed by atoms with Gasteiger partial charge in [0, 0.05) is 25.3 Å². The lowest BCUT2D eigenvalue weighted by Crippen LogP contribution is -2.16. The summed E-state index contributed by atoms with van der Waals surface area (Å²) in [6, 6.07) is 12.9. The number of carbonyl (C=O) groups excluding carboxylic acids is 1. The van der Waals surface area contributed by atoms with Gasteiger partial charge in [0.1, 0.15) is 0 Å². The Morgan fingerprint density at radius 1 is 1.17 bits per heavy atom. The summed E-state index contributed by atoms with van der Waals surface area (Å²) in [5.74, 6) is -1.62. The molecule has 1 amide bonds. The van der Waals surface area contributed by atoms with Crippen LogP contribution in [0.2, 0.25) is 0 Å². The van der Waals surface area contributed by atoms with Gasteiger partial charge in [-0.05, 0) is 36.4 Å². The second-order valence-electron chi connectivity index (χ2n) is 5.08. The van der Waals surface area contributed by atoms with E-state index in [0.29, 0.717) is 5.56 Å². The molecule has 0 aliphatic rings. The number of anilines is 2. The maximum Gasteiger partial charge on any atom is 0.337 e. The molecule has 0 bridgehead atoms. The number of aromatic carboxylic acids is 1. The van der Waals surface area contributed by atoms with Crippen molar-refractivity contribution in [2.45, 2.75) is 0 Å². The molecule has 2 aromatic rings. The van der Waals surface area contributed by atoms with Crippen LogP contribution in [0, 0.1) is 11.3 Å². The van der Waals surface area contributed by atoms with Crippen molar-refractivity contribution in [1.82, 2.24) is 0 Å². The van der Waals surface area contributed by atoms with Gasteiger partial charge >= 0.3 is 5.97 Å². The number of hydrogen-bond donors (Lipinski definition) is 2. The van der Waals surface area contributed by atoms with Gasteiger partial charge in [-0.1, -0.05) is 6.07 Å². The highest BCUT2D eigenvalue weighted by molar-refractivity contribution is 6.08. The molecule has 0 spiro atoms. The number of carbonyl (C=O) groups is 2. The van der Waals surface area contributed by atoms with Gasteiger partial charge in [-0.2, -0.15) is 5.26 Å². The fraction of sp³-hybridized carbons (Fsp3) is 0.118. The van der Waals surface area contributed by atoms with E-state index in [-0.39, 0.29) is 16.8 Å². The number of hydrogen-bond acceptors (Lipinski definition) is 4. The summed E-state index contributed by atoms with van der Waals surface area (Å²) in [5, 5.41) is 20.6. The highest BCUT2D eigenvalue weighted by Crippen LogP contribution is 2.20. The van der Waals surface area contributed by atoms with Crippen LogP contribution in [0.5, 0.6) is 0 Å². The zero-order chi connectivity index (χ0) is 17.0. The van der Waals surface area contributed by atoms with E-state index in [1.54, 1.807) is 18.2 Å². The minimum atomic E-state index is -1.21. The second-order valence-corrected chi connectivity index (χ2v) is 5.08. The van der Waals surface area contributed by atoms with Crippen molar-refractivity contribution in [3.63, 3.8) is 0 Å². The minimum Gasteiger partial charge on any atom is -0.478 e. The molecule has 2 aromatic carbocycles. The van der Waals surface area contributed by atoms with Crippen molar-refractivity contribution >= 4 is 23.3 Å². The average Bonchev–Trinajstić information content (AvgIpc) is 2.55. The first-order valence-corrected chi connectivity index (χ1v) is 6.78. The van der Waals surface area contributed by atoms with E-state index in [1.165, 1.54) is 18.2 Å². The highest BCUT2D eigenvalue weighted by atomic mass is 16.4. The van der Waals surface area contributed by atoms with Gasteiger partial charge in [0.25, 0.3) is 5.91 Å². The number of nitrogens with one attached hydrogen (secondary N) is 1. The Balaban J connectivity index is 2.32. The van der Waals surface area contributed by atoms with Crippen LogP contribution in [0.3, 0.4) is 0 Å². The maximum absolute atomic E-state index is 12.3. The Hall–Kier alpha value is -3.33. The van der Waals surface area contributed by atoms with E-state index in [2.05, 4.69) is 5.32 Å². The van der Waals surface area contributed by atoms with Crippen molar-refractivity contribution < 1.29 is 14.7 Å². The Morgan fingerprint density at radius 3 is 2.52 bits per heavy atom. The summed E-state index contributed by atoms with van der Waals surface area (Å²) in [4.78, 5) is 25.5. The Morgan fingerprint density at radius 2 is 1.91 bits per heavy atom. The molecule has 6 nitrogen and oxygen atoms in total. The van der Waals surface area contributed by atoms with Gasteiger partial charge in [0.05, 0.1) is 22.9 Å². The molecule has 0 radical (unpaired) electrons. The summed E-state index contributed by atoms with van der Waals surface area (Å²) in [6.45, 7) is 0. The molecule has 0 heterocycles. The number of nitrogens with zero attached hydrogens (tertiary/aromatic N) is 2. The van der Waals surface area contributed by atoms with E-state index in [1.807, 2.05) is 31.1 Å². The smallest absolute Gasteiger partial charge is 0.337 e. The Kier molecular flexibility index (Phi) is 4.62. The topological polar surface area (TPSA) is 93.4 Å². The first kappa shape index (κ1) is 16.0. The largest absolute Gasteiger partial charge is 0.478 e. The summed E-state index contributed by atoms with van der Waals surface area (Å²) < 4.78 is 0. The number of rotatable bonds is 4. The summed E-state index contributed by atoms with van der Waals surface area (Å²) >= 11 is 0. The van der Waals surface area contributed by atoms with Gasteiger partial charge in [-0.3, -0.25) is 4.79 Å². The quantitative estimate of drug-likeness (QED) is 0.905. The van der Waals surface area contributed by atoms with E-state index >= 15 is 0 Å². The Labute approximate surface area is 133 Å². The lowest BCUT2D eigenvalue weighted by Gasteiger charge is -2.14.